The predicted octanol–water partition coefficient (Wildman–Crippen LogP) is 3.35. The topological polar surface area (TPSA) is 92.8 Å². The van der Waals surface area contributed by atoms with Crippen molar-refractivity contribution in [2.24, 2.45) is 11.8 Å². The lowest BCUT2D eigenvalue weighted by atomic mass is 9.85. The number of amides is 3. The van der Waals surface area contributed by atoms with Crippen molar-refractivity contribution in [2.75, 3.05) is 11.9 Å². The molecule has 1 aliphatic carbocycles. The van der Waals surface area contributed by atoms with E-state index in [4.69, 9.17) is 4.74 Å². The minimum atomic E-state index is -1.12. The third kappa shape index (κ3) is 5.09. The number of anilines is 1. The number of carbonyl (C=O) groups excluding carboxylic acids is 4. The average molecular weight is 461 g/mol. The molecule has 0 radical (unpaired) electrons. The summed E-state index contributed by atoms with van der Waals surface area (Å²) in [5.74, 6) is -2.86. The Morgan fingerprint density at radius 3 is 2.15 bits per heavy atom. The Hall–Kier alpha value is -3.74. The van der Waals surface area contributed by atoms with Crippen LogP contribution in [0.15, 0.2) is 60.7 Å². The average Bonchev–Trinajstić information content (AvgIpc) is 3.06. The largest absolute Gasteiger partial charge is 0.454 e. The van der Waals surface area contributed by atoms with Crippen LogP contribution in [0.1, 0.15) is 29.5 Å². The number of esters is 1. The molecule has 0 aromatic heterocycles. The van der Waals surface area contributed by atoms with Gasteiger partial charge < -0.3 is 10.1 Å². The lowest BCUT2D eigenvalue weighted by Gasteiger charge is -2.25. The first-order valence-electron chi connectivity index (χ1n) is 11.4. The van der Waals surface area contributed by atoms with Gasteiger partial charge in [-0.05, 0) is 55.5 Å². The number of benzene rings is 2. The molecule has 2 aliphatic rings. The Morgan fingerprint density at radius 1 is 0.971 bits per heavy atom. The zero-order valence-electron chi connectivity index (χ0n) is 19.3. The van der Waals surface area contributed by atoms with Crippen LogP contribution in [-0.4, -0.2) is 41.2 Å². The van der Waals surface area contributed by atoms with Crippen molar-refractivity contribution >= 4 is 29.4 Å². The molecule has 4 rings (SSSR count). The van der Waals surface area contributed by atoms with Crippen LogP contribution in [0.2, 0.25) is 0 Å². The van der Waals surface area contributed by atoms with Crippen LogP contribution in [0.5, 0.6) is 0 Å². The summed E-state index contributed by atoms with van der Waals surface area (Å²) in [6.45, 7) is 3.34. The molecule has 1 N–H and O–H groups in total. The summed E-state index contributed by atoms with van der Waals surface area (Å²) in [7, 11) is 0. The highest BCUT2D eigenvalue weighted by molar-refractivity contribution is 6.08. The molecule has 34 heavy (non-hydrogen) atoms. The van der Waals surface area contributed by atoms with Crippen LogP contribution in [0.4, 0.5) is 5.69 Å². The van der Waals surface area contributed by atoms with Crippen LogP contribution in [0, 0.1) is 25.7 Å². The maximum absolute atomic E-state index is 13.1. The molecule has 0 bridgehead atoms. The van der Waals surface area contributed by atoms with Crippen LogP contribution in [-0.2, 0) is 30.3 Å². The van der Waals surface area contributed by atoms with Crippen LogP contribution < -0.4 is 5.32 Å². The van der Waals surface area contributed by atoms with Crippen molar-refractivity contribution in [3.63, 3.8) is 0 Å². The van der Waals surface area contributed by atoms with Crippen molar-refractivity contribution in [3.05, 3.63) is 77.4 Å². The number of hydrogen-bond acceptors (Lipinski definition) is 5. The van der Waals surface area contributed by atoms with Gasteiger partial charge in [0.2, 0.25) is 11.8 Å². The zero-order chi connectivity index (χ0) is 24.2. The summed E-state index contributed by atoms with van der Waals surface area (Å²) in [5, 5.41) is 2.72. The lowest BCUT2D eigenvalue weighted by Crippen LogP contribution is -2.48. The molecule has 1 aliphatic heterocycles. The molecule has 2 aromatic carbocycles. The minimum absolute atomic E-state index is 0.128. The van der Waals surface area contributed by atoms with Gasteiger partial charge in [0.1, 0.15) is 6.04 Å². The molecule has 1 heterocycles. The molecule has 2 aromatic rings. The molecule has 7 nitrogen and oxygen atoms in total. The second-order valence-corrected chi connectivity index (χ2v) is 8.94. The second kappa shape index (κ2) is 10.0. The first-order valence-corrected chi connectivity index (χ1v) is 11.4. The summed E-state index contributed by atoms with van der Waals surface area (Å²) in [6, 6.07) is 13.7. The van der Waals surface area contributed by atoms with E-state index in [1.807, 2.05) is 74.5 Å². The Kier molecular flexibility index (Phi) is 6.91. The van der Waals surface area contributed by atoms with Gasteiger partial charge in [0.05, 0.1) is 11.8 Å². The van der Waals surface area contributed by atoms with Crippen molar-refractivity contribution < 1.29 is 23.9 Å². The van der Waals surface area contributed by atoms with Crippen molar-refractivity contribution in [1.29, 1.82) is 0 Å². The minimum Gasteiger partial charge on any atom is -0.454 e. The third-order valence-electron chi connectivity index (χ3n) is 6.25. The fourth-order valence-electron chi connectivity index (χ4n) is 4.73. The lowest BCUT2D eigenvalue weighted by molar-refractivity contribution is -0.159. The van der Waals surface area contributed by atoms with Gasteiger partial charge in [-0.3, -0.25) is 19.3 Å². The highest BCUT2D eigenvalue weighted by atomic mass is 16.5. The van der Waals surface area contributed by atoms with Gasteiger partial charge in [0.15, 0.2) is 6.61 Å². The SMILES string of the molecule is Cc1cc(C)cc(NC(=O)COC(=O)[C@@H](Cc2ccccc2)N2C(=O)[C@H]3CC=CC[C@H]3C2=O)c1. The van der Waals surface area contributed by atoms with E-state index in [-0.39, 0.29) is 18.2 Å². The van der Waals surface area contributed by atoms with Gasteiger partial charge in [0, 0.05) is 12.1 Å². The van der Waals surface area contributed by atoms with Gasteiger partial charge >= 0.3 is 5.97 Å². The van der Waals surface area contributed by atoms with Gasteiger partial charge in [-0.2, -0.15) is 0 Å². The van der Waals surface area contributed by atoms with Crippen LogP contribution >= 0.6 is 0 Å². The molecule has 1 fully saturated rings. The summed E-state index contributed by atoms with van der Waals surface area (Å²) >= 11 is 0. The highest BCUT2D eigenvalue weighted by Crippen LogP contribution is 2.36. The smallest absolute Gasteiger partial charge is 0.330 e. The maximum Gasteiger partial charge on any atom is 0.330 e. The number of fused-ring (bicyclic) bond motifs is 1. The number of nitrogens with one attached hydrogen (secondary N) is 1. The molecular weight excluding hydrogens is 432 g/mol. The Labute approximate surface area is 198 Å². The molecular formula is C27H28N2O5. The standard InChI is InChI=1S/C27H28N2O5/c1-17-12-18(2)14-20(13-17)28-24(30)16-34-27(33)23(15-19-8-4-3-5-9-19)29-25(31)21-10-6-7-11-22(21)26(29)32/h3-9,12-14,21-23H,10-11,15-16H2,1-2H3,(H,28,30)/t21-,22+,23-/m1/s1. The number of imide groups is 1. The van der Waals surface area contributed by atoms with E-state index in [9.17, 15) is 19.2 Å². The number of hydrogen-bond donors (Lipinski definition) is 1. The first kappa shape index (κ1) is 23.4. The van der Waals surface area contributed by atoms with E-state index in [1.54, 1.807) is 0 Å². The maximum atomic E-state index is 13.1. The molecule has 0 unspecified atom stereocenters. The molecule has 3 atom stereocenters. The number of likely N-dealkylation sites (tertiary alicyclic amines) is 1. The fourth-order valence-corrected chi connectivity index (χ4v) is 4.73. The third-order valence-corrected chi connectivity index (χ3v) is 6.25. The zero-order valence-corrected chi connectivity index (χ0v) is 19.3. The predicted molar refractivity (Wildman–Crippen MR) is 127 cm³/mol. The number of ether oxygens (including phenoxy) is 1. The van der Waals surface area contributed by atoms with Crippen LogP contribution in [0.3, 0.4) is 0 Å². The van der Waals surface area contributed by atoms with E-state index in [0.29, 0.717) is 18.5 Å². The van der Waals surface area contributed by atoms with Gasteiger partial charge in [0.25, 0.3) is 5.91 Å². The summed E-state index contributed by atoms with van der Waals surface area (Å²) in [6.07, 6.45) is 4.90. The number of rotatable bonds is 7. The van der Waals surface area contributed by atoms with E-state index in [2.05, 4.69) is 5.32 Å². The molecule has 1 saturated heterocycles. The fraction of sp³-hybridized carbons (Fsp3) is 0.333. The Morgan fingerprint density at radius 2 is 1.56 bits per heavy atom. The summed E-state index contributed by atoms with van der Waals surface area (Å²) < 4.78 is 5.32. The highest BCUT2D eigenvalue weighted by Gasteiger charge is 2.51. The van der Waals surface area contributed by atoms with Crippen molar-refractivity contribution in [1.82, 2.24) is 4.90 Å². The molecule has 0 saturated carbocycles. The van der Waals surface area contributed by atoms with E-state index < -0.39 is 36.4 Å². The van der Waals surface area contributed by atoms with Gasteiger partial charge in [-0.15, -0.1) is 0 Å². The summed E-state index contributed by atoms with van der Waals surface area (Å²) in [4.78, 5) is 52.9. The number of carbonyl (C=O) groups is 4. The van der Waals surface area contributed by atoms with Crippen LogP contribution in [0.25, 0.3) is 0 Å². The quantitative estimate of drug-likeness (QED) is 0.389. The summed E-state index contributed by atoms with van der Waals surface area (Å²) in [5.41, 5.74) is 3.40. The number of nitrogens with zero attached hydrogens (tertiary/aromatic N) is 1. The molecule has 7 heteroatoms. The van der Waals surface area contributed by atoms with Crippen molar-refractivity contribution in [3.8, 4) is 0 Å². The second-order valence-electron chi connectivity index (χ2n) is 8.94. The monoisotopic (exact) mass is 460 g/mol. The van der Waals surface area contributed by atoms with Crippen molar-refractivity contribution in [2.45, 2.75) is 39.2 Å². The van der Waals surface area contributed by atoms with Gasteiger partial charge in [-0.25, -0.2) is 4.79 Å². The van der Waals surface area contributed by atoms with E-state index in [1.165, 1.54) is 0 Å². The van der Waals surface area contributed by atoms with Gasteiger partial charge in [-0.1, -0.05) is 48.6 Å². The number of allylic oxidation sites excluding steroid dienone is 2. The van der Waals surface area contributed by atoms with E-state index in [0.717, 1.165) is 21.6 Å². The normalized spacial score (nSPS) is 20.1. The molecule has 3 amide bonds. The first-order chi connectivity index (χ1) is 16.3. The number of aryl methyl sites for hydroxylation is 2. The Bertz CT molecular complexity index is 1090. The Balaban J connectivity index is 1.48. The van der Waals surface area contributed by atoms with E-state index >= 15 is 0 Å². The molecule has 0 spiro atoms. The molecule has 176 valence electrons.